The molecule has 2 aliphatic rings. The maximum atomic E-state index is 13.9. The van der Waals surface area contributed by atoms with Crippen LogP contribution in [0, 0.1) is 12.8 Å². The number of hydrogen-bond acceptors (Lipinski definition) is 4. The van der Waals surface area contributed by atoms with E-state index >= 15 is 0 Å². The highest BCUT2D eigenvalue weighted by molar-refractivity contribution is 5.99. The number of nitrogens with one attached hydrogen (secondary N) is 1. The van der Waals surface area contributed by atoms with Crippen LogP contribution >= 0.6 is 0 Å². The number of rotatable bonds is 5. The summed E-state index contributed by atoms with van der Waals surface area (Å²) in [5.74, 6) is -1.01. The van der Waals surface area contributed by atoms with Crippen molar-refractivity contribution in [1.82, 2.24) is 15.1 Å². The van der Waals surface area contributed by atoms with Crippen molar-refractivity contribution in [3.8, 4) is 0 Å². The molecule has 7 nitrogen and oxygen atoms in total. The Morgan fingerprint density at radius 3 is 2.39 bits per heavy atom. The van der Waals surface area contributed by atoms with Gasteiger partial charge in [-0.2, -0.15) is 13.2 Å². The number of hydrogen-bond donors (Lipinski definition) is 1. The van der Waals surface area contributed by atoms with Gasteiger partial charge in [-0.3, -0.25) is 19.3 Å². The second kappa shape index (κ2) is 10.8. The van der Waals surface area contributed by atoms with Gasteiger partial charge in [-0.25, -0.2) is 0 Å². The third-order valence-electron chi connectivity index (χ3n) is 7.23. The maximum Gasteiger partial charge on any atom is 0.416 e. The minimum absolute atomic E-state index is 0.0185. The van der Waals surface area contributed by atoms with Crippen molar-refractivity contribution >= 4 is 17.7 Å². The van der Waals surface area contributed by atoms with Crippen molar-refractivity contribution in [2.75, 3.05) is 19.7 Å². The number of aryl methyl sites for hydroxylation is 1. The summed E-state index contributed by atoms with van der Waals surface area (Å²) in [6, 6.07) is 10.8. The zero-order valence-corrected chi connectivity index (χ0v) is 21.7. The van der Waals surface area contributed by atoms with E-state index in [4.69, 9.17) is 4.74 Å². The summed E-state index contributed by atoms with van der Waals surface area (Å²) in [5, 5.41) is 2.69. The highest BCUT2D eigenvalue weighted by Crippen LogP contribution is 2.39. The van der Waals surface area contributed by atoms with Gasteiger partial charge in [-0.1, -0.05) is 44.2 Å². The number of likely N-dealkylation sites (tertiary alicyclic amines) is 1. The normalized spacial score (nSPS) is 19.2. The molecule has 2 heterocycles. The number of benzene rings is 2. The molecule has 204 valence electrons. The van der Waals surface area contributed by atoms with Gasteiger partial charge in [0.25, 0.3) is 5.91 Å². The van der Waals surface area contributed by atoms with E-state index in [1.165, 1.54) is 17.0 Å². The molecule has 0 bridgehead atoms. The van der Waals surface area contributed by atoms with Crippen molar-refractivity contribution in [2.45, 2.75) is 58.1 Å². The lowest BCUT2D eigenvalue weighted by Gasteiger charge is -2.45. The van der Waals surface area contributed by atoms with Crippen LogP contribution in [-0.2, 0) is 27.0 Å². The molecule has 0 aromatic heterocycles. The van der Waals surface area contributed by atoms with E-state index in [2.05, 4.69) is 5.32 Å². The molecule has 3 amide bonds. The first-order valence-corrected chi connectivity index (χ1v) is 12.7. The number of carbonyl (C=O) groups excluding carboxylic acids is 3. The molecule has 10 heteroatoms. The molecule has 1 N–H and O–H groups in total. The number of ether oxygens (including phenoxy) is 1. The lowest BCUT2D eigenvalue weighted by molar-refractivity contribution is -0.146. The largest absolute Gasteiger partial charge is 0.416 e. The van der Waals surface area contributed by atoms with Crippen LogP contribution in [0.5, 0.6) is 0 Å². The van der Waals surface area contributed by atoms with Crippen molar-refractivity contribution in [2.24, 2.45) is 5.92 Å². The molecule has 0 radical (unpaired) electrons. The Morgan fingerprint density at radius 1 is 1.08 bits per heavy atom. The fourth-order valence-electron chi connectivity index (χ4n) is 5.12. The third-order valence-corrected chi connectivity index (χ3v) is 7.23. The van der Waals surface area contributed by atoms with Gasteiger partial charge in [0.1, 0.15) is 11.8 Å². The molecular formula is C28H32F3N3O4. The quantitative estimate of drug-likeness (QED) is 0.629. The van der Waals surface area contributed by atoms with Gasteiger partial charge >= 0.3 is 6.18 Å². The summed E-state index contributed by atoms with van der Waals surface area (Å²) < 4.78 is 45.5. The number of halogens is 3. The van der Waals surface area contributed by atoms with Crippen LogP contribution < -0.4 is 5.32 Å². The molecule has 1 spiro atoms. The lowest BCUT2D eigenvalue weighted by Crippen LogP contribution is -2.60. The second-order valence-corrected chi connectivity index (χ2v) is 10.2. The van der Waals surface area contributed by atoms with Gasteiger partial charge in [0.05, 0.1) is 12.2 Å². The first-order valence-electron chi connectivity index (χ1n) is 12.7. The van der Waals surface area contributed by atoms with Gasteiger partial charge in [0.2, 0.25) is 11.8 Å². The predicted octanol–water partition coefficient (Wildman–Crippen LogP) is 4.15. The Labute approximate surface area is 219 Å². The molecule has 2 saturated heterocycles. The molecule has 1 atom stereocenters. The average molecular weight is 532 g/mol. The Kier molecular flexibility index (Phi) is 7.83. The molecule has 38 heavy (non-hydrogen) atoms. The first-order chi connectivity index (χ1) is 17.9. The van der Waals surface area contributed by atoms with Crippen molar-refractivity contribution in [3.63, 3.8) is 0 Å². The van der Waals surface area contributed by atoms with E-state index in [1.54, 1.807) is 17.0 Å². The molecule has 2 aromatic carbocycles. The molecule has 2 aromatic rings. The number of nitrogens with zero attached hydrogens (tertiary/aromatic N) is 2. The Hall–Kier alpha value is -3.40. The van der Waals surface area contributed by atoms with Gasteiger partial charge in [-0.05, 0) is 36.2 Å². The monoisotopic (exact) mass is 531 g/mol. The van der Waals surface area contributed by atoms with Crippen molar-refractivity contribution in [1.29, 1.82) is 0 Å². The molecule has 4 rings (SSSR count). The van der Waals surface area contributed by atoms with Crippen molar-refractivity contribution < 1.29 is 32.3 Å². The van der Waals surface area contributed by atoms with Crippen LogP contribution in [0.15, 0.2) is 48.5 Å². The fraction of sp³-hybridized carbons (Fsp3) is 0.464. The Morgan fingerprint density at radius 2 is 1.76 bits per heavy atom. The smallest absolute Gasteiger partial charge is 0.353 e. The number of carbonyl (C=O) groups is 3. The summed E-state index contributed by atoms with van der Waals surface area (Å²) in [6.07, 6.45) is -3.80. The van der Waals surface area contributed by atoms with Crippen LogP contribution in [0.25, 0.3) is 0 Å². The van der Waals surface area contributed by atoms with Crippen LogP contribution in [0.3, 0.4) is 0 Å². The lowest BCUT2D eigenvalue weighted by atomic mass is 9.95. The zero-order valence-electron chi connectivity index (χ0n) is 21.7. The molecule has 2 fully saturated rings. The second-order valence-electron chi connectivity index (χ2n) is 10.2. The summed E-state index contributed by atoms with van der Waals surface area (Å²) >= 11 is 0. The zero-order chi connectivity index (χ0) is 27.7. The Bertz CT molecular complexity index is 1210. The van der Waals surface area contributed by atoms with E-state index in [-0.39, 0.29) is 30.9 Å². The van der Waals surface area contributed by atoms with Gasteiger partial charge < -0.3 is 15.0 Å². The van der Waals surface area contributed by atoms with Crippen LogP contribution in [0.1, 0.15) is 53.7 Å². The van der Waals surface area contributed by atoms with Gasteiger partial charge in [0, 0.05) is 44.0 Å². The van der Waals surface area contributed by atoms with Gasteiger partial charge in [0.15, 0.2) is 0 Å². The summed E-state index contributed by atoms with van der Waals surface area (Å²) in [4.78, 5) is 43.0. The van der Waals surface area contributed by atoms with Crippen molar-refractivity contribution in [3.05, 3.63) is 70.8 Å². The summed E-state index contributed by atoms with van der Waals surface area (Å²) in [6.45, 7) is 6.05. The van der Waals surface area contributed by atoms with E-state index < -0.39 is 29.4 Å². The fourth-order valence-corrected chi connectivity index (χ4v) is 5.12. The van der Waals surface area contributed by atoms with E-state index in [1.807, 2.05) is 32.9 Å². The molecule has 2 aliphatic heterocycles. The standard InChI is InChI=1S/C28H32F3N3O4/c1-18(2)25(36)33-13-11-27(12-14-33)34(26(37)22-10-5-4-7-19(22)3)23(17-38-27)24(35)32-16-20-8-6-9-21(15-20)28(29,30)31/h4-10,15,18,23H,11-14,16-17H2,1-3H3,(H,32,35)/t23-/m0/s1. The highest BCUT2D eigenvalue weighted by atomic mass is 19.4. The highest BCUT2D eigenvalue weighted by Gasteiger charge is 2.54. The number of piperidine rings is 1. The molecular weight excluding hydrogens is 499 g/mol. The number of amides is 3. The predicted molar refractivity (Wildman–Crippen MR) is 134 cm³/mol. The molecule has 0 unspecified atom stereocenters. The summed E-state index contributed by atoms with van der Waals surface area (Å²) in [5.41, 5.74) is -0.389. The van der Waals surface area contributed by atoms with Crippen LogP contribution in [-0.4, -0.2) is 59.0 Å². The number of alkyl halides is 3. The van der Waals surface area contributed by atoms with E-state index in [9.17, 15) is 27.6 Å². The van der Waals surface area contributed by atoms with Gasteiger partial charge in [-0.15, -0.1) is 0 Å². The molecule has 0 aliphatic carbocycles. The first kappa shape index (κ1) is 27.6. The molecule has 0 saturated carbocycles. The topological polar surface area (TPSA) is 79.0 Å². The third kappa shape index (κ3) is 5.55. The minimum Gasteiger partial charge on any atom is -0.353 e. The average Bonchev–Trinajstić information content (AvgIpc) is 3.25. The Balaban J connectivity index is 1.57. The SMILES string of the molecule is Cc1ccccc1C(=O)N1[C@H](C(=O)NCc2cccc(C(F)(F)F)c2)COC12CCN(C(=O)C(C)C)CC2. The summed E-state index contributed by atoms with van der Waals surface area (Å²) in [7, 11) is 0. The maximum absolute atomic E-state index is 13.9. The van der Waals surface area contributed by atoms with Crippen LogP contribution in [0.2, 0.25) is 0 Å². The van der Waals surface area contributed by atoms with E-state index in [0.717, 1.165) is 17.7 Å². The van der Waals surface area contributed by atoms with E-state index in [0.29, 0.717) is 37.1 Å². The minimum atomic E-state index is -4.49. The van der Waals surface area contributed by atoms with Crippen LogP contribution in [0.4, 0.5) is 13.2 Å².